The zero-order chi connectivity index (χ0) is 11.7. The maximum atomic E-state index is 5.90. The van der Waals surface area contributed by atoms with Gasteiger partial charge in [-0.25, -0.2) is 0 Å². The van der Waals surface area contributed by atoms with Crippen LogP contribution in [0.15, 0.2) is 36.4 Å². The number of benzene rings is 2. The molecule has 0 aromatic heterocycles. The molecule has 2 aromatic rings. The molecule has 2 atom stereocenters. The van der Waals surface area contributed by atoms with Crippen molar-refractivity contribution in [3.05, 3.63) is 36.4 Å². The molecule has 0 aliphatic heterocycles. The summed E-state index contributed by atoms with van der Waals surface area (Å²) in [6.45, 7) is 0. The topological polar surface area (TPSA) is 52.0 Å². The van der Waals surface area contributed by atoms with Gasteiger partial charge < -0.3 is 0 Å². The van der Waals surface area contributed by atoms with E-state index < -0.39 is 0 Å². The molecule has 0 bridgehead atoms. The summed E-state index contributed by atoms with van der Waals surface area (Å²) >= 11 is 3.20. The van der Waals surface area contributed by atoms with Gasteiger partial charge in [-0.2, -0.15) is 0 Å². The number of hydrogen-bond donors (Lipinski definition) is 2. The summed E-state index contributed by atoms with van der Waals surface area (Å²) in [6.07, 6.45) is 0. The normalized spacial score (nSPS) is 10.4. The van der Waals surface area contributed by atoms with Crippen molar-refractivity contribution in [2.45, 2.75) is 0 Å². The maximum absolute atomic E-state index is 5.90. The molecular formula is C12H14As2N2. The molecule has 4 heteroatoms. The molecule has 0 radical (unpaired) electrons. The van der Waals surface area contributed by atoms with Crippen LogP contribution in [0.4, 0.5) is 11.4 Å². The number of nitrogen functional groups attached to an aromatic ring is 2. The average molecular weight is 336 g/mol. The van der Waals surface area contributed by atoms with Gasteiger partial charge in [0.1, 0.15) is 0 Å². The van der Waals surface area contributed by atoms with Crippen molar-refractivity contribution in [3.8, 4) is 11.1 Å². The van der Waals surface area contributed by atoms with Crippen LogP contribution in [0.25, 0.3) is 11.1 Å². The standard InChI is InChI=1S/C12H14As2N2/c13-11-9(5-6-10(16)12(11)14)7-1-3-8(15)4-2-7/h1-6H,13-16H2. The fraction of sp³-hybridized carbons (Fsp3) is 0. The molecule has 2 unspecified atom stereocenters. The molecule has 2 rings (SSSR count). The molecule has 0 saturated carbocycles. The van der Waals surface area contributed by atoms with E-state index in [0.29, 0.717) is 0 Å². The van der Waals surface area contributed by atoms with Crippen molar-refractivity contribution in [1.29, 1.82) is 0 Å². The molecule has 82 valence electrons. The molecule has 0 amide bonds. The van der Waals surface area contributed by atoms with Crippen LogP contribution in [0.1, 0.15) is 0 Å². The molecule has 4 N–H and O–H groups in total. The molecule has 16 heavy (non-hydrogen) atoms. The third-order valence-electron chi connectivity index (χ3n) is 2.54. The van der Waals surface area contributed by atoms with Crippen LogP contribution in [-0.4, -0.2) is 33.7 Å². The van der Waals surface area contributed by atoms with E-state index in [-0.39, 0.29) is 0 Å². The second kappa shape index (κ2) is 4.57. The third kappa shape index (κ3) is 2.14. The minimum atomic E-state index is 0.795. The zero-order valence-corrected chi connectivity index (χ0v) is 13.6. The minimum absolute atomic E-state index is 0.795. The average Bonchev–Trinajstić information content (AvgIpc) is 2.28. The van der Waals surface area contributed by atoms with E-state index in [4.69, 9.17) is 11.5 Å². The van der Waals surface area contributed by atoms with Gasteiger partial charge in [0.2, 0.25) is 0 Å². The van der Waals surface area contributed by atoms with Gasteiger partial charge in [0.05, 0.1) is 0 Å². The van der Waals surface area contributed by atoms with Crippen molar-refractivity contribution >= 4 is 53.8 Å². The van der Waals surface area contributed by atoms with Crippen LogP contribution >= 0.6 is 0 Å². The summed E-state index contributed by atoms with van der Waals surface area (Å²) in [5, 5.41) is 0. The molecule has 0 saturated heterocycles. The summed E-state index contributed by atoms with van der Waals surface area (Å²) in [7, 11) is 0. The molecule has 2 nitrogen and oxygen atoms in total. The van der Waals surface area contributed by atoms with Gasteiger partial charge in [0.15, 0.2) is 0 Å². The first-order valence-corrected chi connectivity index (χ1v) is 7.31. The van der Waals surface area contributed by atoms with Crippen molar-refractivity contribution in [2.75, 3.05) is 11.5 Å². The van der Waals surface area contributed by atoms with E-state index in [1.807, 2.05) is 18.2 Å². The Hall–Kier alpha value is -0.843. The molecule has 0 fully saturated rings. The van der Waals surface area contributed by atoms with Crippen LogP contribution in [0, 0.1) is 0 Å². The number of hydrogen-bond acceptors (Lipinski definition) is 2. The van der Waals surface area contributed by atoms with E-state index in [1.165, 1.54) is 19.8 Å². The first-order valence-electron chi connectivity index (χ1n) is 4.89. The van der Waals surface area contributed by atoms with E-state index in [9.17, 15) is 0 Å². The Morgan fingerprint density at radius 3 is 2.00 bits per heavy atom. The predicted molar refractivity (Wildman–Crippen MR) is 77.1 cm³/mol. The van der Waals surface area contributed by atoms with Crippen molar-refractivity contribution in [3.63, 3.8) is 0 Å². The molecule has 0 aliphatic carbocycles. The molecule has 0 aliphatic rings. The second-order valence-corrected chi connectivity index (χ2v) is 6.07. The van der Waals surface area contributed by atoms with Crippen LogP contribution in [0.3, 0.4) is 0 Å². The van der Waals surface area contributed by atoms with Gasteiger partial charge in [0.25, 0.3) is 0 Å². The van der Waals surface area contributed by atoms with E-state index in [2.05, 4.69) is 18.2 Å². The van der Waals surface area contributed by atoms with E-state index >= 15 is 0 Å². The second-order valence-electron chi connectivity index (χ2n) is 3.65. The summed E-state index contributed by atoms with van der Waals surface area (Å²) in [4.78, 5) is 0. The summed E-state index contributed by atoms with van der Waals surface area (Å²) in [6, 6.07) is 12.0. The fourth-order valence-electron chi connectivity index (χ4n) is 1.57. The van der Waals surface area contributed by atoms with Crippen molar-refractivity contribution in [1.82, 2.24) is 0 Å². The Balaban J connectivity index is 2.57. The van der Waals surface area contributed by atoms with Gasteiger partial charge in [-0.15, -0.1) is 0 Å². The van der Waals surface area contributed by atoms with Gasteiger partial charge >= 0.3 is 113 Å². The SMILES string of the molecule is Nc1ccc(-c2ccc(N)c([AsH2])c2[AsH2])cc1. The molecule has 0 heterocycles. The Labute approximate surface area is 112 Å². The predicted octanol–water partition coefficient (Wildman–Crippen LogP) is -0.965. The van der Waals surface area contributed by atoms with E-state index in [0.717, 1.165) is 11.4 Å². The molecule has 2 aromatic carbocycles. The monoisotopic (exact) mass is 336 g/mol. The Morgan fingerprint density at radius 1 is 0.750 bits per heavy atom. The Bertz CT molecular complexity index is 521. The number of nitrogens with two attached hydrogens (primary N) is 2. The summed E-state index contributed by atoms with van der Waals surface area (Å²) < 4.78 is 2.55. The summed E-state index contributed by atoms with van der Waals surface area (Å²) in [5.41, 5.74) is 15.7. The third-order valence-corrected chi connectivity index (χ3v) is 6.67. The van der Waals surface area contributed by atoms with Crippen LogP contribution in [-0.2, 0) is 0 Å². The van der Waals surface area contributed by atoms with Crippen molar-refractivity contribution < 1.29 is 0 Å². The van der Waals surface area contributed by atoms with Crippen molar-refractivity contribution in [2.24, 2.45) is 0 Å². The molecule has 0 spiro atoms. The first-order chi connectivity index (χ1) is 7.59. The quantitative estimate of drug-likeness (QED) is 0.521. The van der Waals surface area contributed by atoms with Gasteiger partial charge in [-0.1, -0.05) is 0 Å². The van der Waals surface area contributed by atoms with Crippen LogP contribution < -0.4 is 20.2 Å². The first kappa shape index (κ1) is 11.6. The Kier molecular flexibility index (Phi) is 3.32. The van der Waals surface area contributed by atoms with Gasteiger partial charge in [-0.05, 0) is 0 Å². The van der Waals surface area contributed by atoms with Gasteiger partial charge in [-0.3, -0.25) is 0 Å². The molecular weight excluding hydrogens is 322 g/mol. The van der Waals surface area contributed by atoms with Gasteiger partial charge in [0, 0.05) is 0 Å². The number of anilines is 2. The number of rotatable bonds is 1. The van der Waals surface area contributed by atoms with E-state index in [1.54, 1.807) is 33.7 Å². The zero-order valence-electron chi connectivity index (χ0n) is 8.77. The van der Waals surface area contributed by atoms with Crippen LogP contribution in [0.2, 0.25) is 0 Å². The van der Waals surface area contributed by atoms with Crippen LogP contribution in [0.5, 0.6) is 0 Å². The Morgan fingerprint density at radius 2 is 1.38 bits per heavy atom. The fourth-order valence-corrected chi connectivity index (χ4v) is 3.00. The summed E-state index contributed by atoms with van der Waals surface area (Å²) in [5.74, 6) is 0.